The van der Waals surface area contributed by atoms with Crippen molar-refractivity contribution in [2.45, 2.75) is 13.0 Å². The number of hydrogen-bond acceptors (Lipinski definition) is 3. The molecule has 0 spiro atoms. The van der Waals surface area contributed by atoms with Gasteiger partial charge in [-0.15, -0.1) is 0 Å². The zero-order chi connectivity index (χ0) is 11.4. The van der Waals surface area contributed by atoms with Crippen molar-refractivity contribution in [3.63, 3.8) is 0 Å². The first-order chi connectivity index (χ1) is 7.00. The average Bonchev–Trinajstić information content (AvgIpc) is 2.18. The number of aliphatic hydroxyl groups excluding tert-OH is 1. The summed E-state index contributed by atoms with van der Waals surface area (Å²) in [6.45, 7) is 1.68. The highest BCUT2D eigenvalue weighted by Gasteiger charge is 2.11. The predicted octanol–water partition coefficient (Wildman–Crippen LogP) is 1.16. The van der Waals surface area contributed by atoms with E-state index in [4.69, 9.17) is 16.7 Å². The molecule has 0 aromatic heterocycles. The van der Waals surface area contributed by atoms with Crippen LogP contribution in [-0.2, 0) is 0 Å². The van der Waals surface area contributed by atoms with Crippen molar-refractivity contribution in [1.29, 1.82) is 0 Å². The lowest BCUT2D eigenvalue weighted by Crippen LogP contribution is -2.30. The fourth-order valence-electron chi connectivity index (χ4n) is 1.03. The van der Waals surface area contributed by atoms with Crippen LogP contribution in [0.5, 0.6) is 5.75 Å². The van der Waals surface area contributed by atoms with Crippen molar-refractivity contribution in [1.82, 2.24) is 5.32 Å². The highest BCUT2D eigenvalue weighted by atomic mass is 35.5. The predicted molar refractivity (Wildman–Crippen MR) is 57.1 cm³/mol. The molecule has 4 nitrogen and oxygen atoms in total. The van der Waals surface area contributed by atoms with Crippen LogP contribution >= 0.6 is 11.6 Å². The summed E-state index contributed by atoms with van der Waals surface area (Å²) in [4.78, 5) is 11.5. The molecule has 0 saturated carbocycles. The van der Waals surface area contributed by atoms with E-state index in [0.717, 1.165) is 0 Å². The van der Waals surface area contributed by atoms with Crippen LogP contribution in [0.15, 0.2) is 18.2 Å². The van der Waals surface area contributed by atoms with E-state index in [1.807, 2.05) is 0 Å². The van der Waals surface area contributed by atoms with Crippen molar-refractivity contribution >= 4 is 17.5 Å². The number of aromatic hydroxyl groups is 1. The van der Waals surface area contributed by atoms with E-state index in [0.29, 0.717) is 5.02 Å². The summed E-state index contributed by atoms with van der Waals surface area (Å²) >= 11 is 5.68. The lowest BCUT2D eigenvalue weighted by molar-refractivity contribution is 0.0921. The number of hydrogen-bond donors (Lipinski definition) is 3. The smallest absolute Gasteiger partial charge is 0.255 e. The van der Waals surface area contributed by atoms with Crippen LogP contribution in [-0.4, -0.2) is 28.8 Å². The van der Waals surface area contributed by atoms with Gasteiger partial charge in [0.1, 0.15) is 5.75 Å². The third-order valence-corrected chi connectivity index (χ3v) is 2.00. The average molecular weight is 230 g/mol. The highest BCUT2D eigenvalue weighted by Crippen LogP contribution is 2.21. The van der Waals surface area contributed by atoms with Crippen molar-refractivity contribution in [3.05, 3.63) is 28.8 Å². The number of nitrogens with one attached hydrogen (secondary N) is 1. The molecule has 0 heterocycles. The summed E-state index contributed by atoms with van der Waals surface area (Å²) in [7, 11) is 0. The van der Waals surface area contributed by atoms with Gasteiger partial charge in [0.15, 0.2) is 0 Å². The molecule has 0 aliphatic carbocycles. The first-order valence-electron chi connectivity index (χ1n) is 4.45. The normalized spacial score (nSPS) is 12.2. The third-order valence-electron chi connectivity index (χ3n) is 1.76. The number of phenolic OH excluding ortho intramolecular Hbond substituents is 1. The molecule has 0 aliphatic rings. The summed E-state index contributed by atoms with van der Waals surface area (Å²) in [6.07, 6.45) is -0.629. The van der Waals surface area contributed by atoms with Crippen LogP contribution in [0.2, 0.25) is 5.02 Å². The quantitative estimate of drug-likeness (QED) is 0.729. The number of phenols is 1. The van der Waals surface area contributed by atoms with E-state index in [9.17, 15) is 9.90 Å². The Balaban J connectivity index is 2.77. The first kappa shape index (κ1) is 11.8. The monoisotopic (exact) mass is 229 g/mol. The standard InChI is InChI=1S/C10H12ClNO3/c1-6(13)5-12-10(15)8-4-7(11)2-3-9(8)14/h2-4,6,13-14H,5H2,1H3,(H,12,15). The van der Waals surface area contributed by atoms with Crippen molar-refractivity contribution in [2.24, 2.45) is 0 Å². The van der Waals surface area contributed by atoms with E-state index < -0.39 is 12.0 Å². The number of halogens is 1. The summed E-state index contributed by atoms with van der Waals surface area (Å²) in [5.41, 5.74) is 0.100. The summed E-state index contributed by atoms with van der Waals surface area (Å²) in [5.74, 6) is -0.599. The molecule has 1 aromatic rings. The number of carbonyl (C=O) groups is 1. The molecule has 82 valence electrons. The van der Waals surface area contributed by atoms with Crippen molar-refractivity contribution in [3.8, 4) is 5.75 Å². The molecule has 0 radical (unpaired) electrons. The maximum atomic E-state index is 11.5. The Bertz CT molecular complexity index is 366. The van der Waals surface area contributed by atoms with E-state index >= 15 is 0 Å². The van der Waals surface area contributed by atoms with Gasteiger partial charge in [0.2, 0.25) is 0 Å². The largest absolute Gasteiger partial charge is 0.507 e. The van der Waals surface area contributed by atoms with Crippen LogP contribution in [0.25, 0.3) is 0 Å². The summed E-state index contributed by atoms with van der Waals surface area (Å²) < 4.78 is 0. The molecule has 1 amide bonds. The van der Waals surface area contributed by atoms with Gasteiger partial charge in [-0.3, -0.25) is 4.79 Å². The van der Waals surface area contributed by atoms with E-state index in [-0.39, 0.29) is 17.9 Å². The Morgan fingerprint density at radius 2 is 2.27 bits per heavy atom. The van der Waals surface area contributed by atoms with Crippen LogP contribution < -0.4 is 5.32 Å². The Hall–Kier alpha value is -1.26. The summed E-state index contributed by atoms with van der Waals surface area (Å²) in [6, 6.07) is 4.20. The van der Waals surface area contributed by atoms with Gasteiger partial charge < -0.3 is 15.5 Å². The molecule has 0 aliphatic heterocycles. The van der Waals surface area contributed by atoms with Crippen molar-refractivity contribution < 1.29 is 15.0 Å². The number of aliphatic hydroxyl groups is 1. The molecule has 3 N–H and O–H groups in total. The van der Waals surface area contributed by atoms with Crippen LogP contribution in [0, 0.1) is 0 Å². The zero-order valence-corrected chi connectivity index (χ0v) is 8.95. The first-order valence-corrected chi connectivity index (χ1v) is 4.83. The van der Waals surface area contributed by atoms with Gasteiger partial charge in [0.05, 0.1) is 11.7 Å². The molecule has 0 fully saturated rings. The van der Waals surface area contributed by atoms with E-state index in [1.165, 1.54) is 18.2 Å². The molecule has 5 heteroatoms. The molecule has 1 unspecified atom stereocenters. The number of rotatable bonds is 3. The Labute approximate surface area is 92.5 Å². The fraction of sp³-hybridized carbons (Fsp3) is 0.300. The van der Waals surface area contributed by atoms with Gasteiger partial charge in [-0.25, -0.2) is 0 Å². The summed E-state index contributed by atoms with van der Waals surface area (Å²) in [5, 5.41) is 21.2. The van der Waals surface area contributed by atoms with Gasteiger partial charge in [-0.05, 0) is 25.1 Å². The minimum Gasteiger partial charge on any atom is -0.507 e. The molecular formula is C10H12ClNO3. The third kappa shape index (κ3) is 3.42. The van der Waals surface area contributed by atoms with E-state index in [1.54, 1.807) is 6.92 Å². The topological polar surface area (TPSA) is 69.6 Å². The van der Waals surface area contributed by atoms with Gasteiger partial charge in [-0.2, -0.15) is 0 Å². The lowest BCUT2D eigenvalue weighted by atomic mass is 10.2. The fourth-order valence-corrected chi connectivity index (χ4v) is 1.20. The number of benzene rings is 1. The molecule has 1 aromatic carbocycles. The van der Waals surface area contributed by atoms with Crippen molar-refractivity contribution in [2.75, 3.05) is 6.54 Å². The molecule has 15 heavy (non-hydrogen) atoms. The number of amides is 1. The second-order valence-corrected chi connectivity index (χ2v) is 3.66. The zero-order valence-electron chi connectivity index (χ0n) is 8.20. The molecule has 0 saturated heterocycles. The molecule has 1 rings (SSSR count). The SMILES string of the molecule is CC(O)CNC(=O)c1cc(Cl)ccc1O. The van der Waals surface area contributed by atoms with Crippen LogP contribution in [0.3, 0.4) is 0 Å². The second-order valence-electron chi connectivity index (χ2n) is 3.22. The van der Waals surface area contributed by atoms with E-state index in [2.05, 4.69) is 5.32 Å². The van der Waals surface area contributed by atoms with Crippen LogP contribution in [0.4, 0.5) is 0 Å². The minimum absolute atomic E-state index is 0.100. The lowest BCUT2D eigenvalue weighted by Gasteiger charge is -2.08. The Morgan fingerprint density at radius 1 is 1.60 bits per heavy atom. The van der Waals surface area contributed by atoms with Crippen LogP contribution in [0.1, 0.15) is 17.3 Å². The Morgan fingerprint density at radius 3 is 2.87 bits per heavy atom. The molecule has 1 atom stereocenters. The van der Waals surface area contributed by atoms with Gasteiger partial charge in [0, 0.05) is 11.6 Å². The minimum atomic E-state index is -0.629. The molecular weight excluding hydrogens is 218 g/mol. The van der Waals surface area contributed by atoms with Gasteiger partial charge in [0.25, 0.3) is 5.91 Å². The maximum absolute atomic E-state index is 11.5. The Kier molecular flexibility index (Phi) is 3.94. The maximum Gasteiger partial charge on any atom is 0.255 e. The number of carbonyl (C=O) groups excluding carboxylic acids is 1. The second kappa shape index (κ2) is 5.00. The highest BCUT2D eigenvalue weighted by molar-refractivity contribution is 6.31. The molecule has 0 bridgehead atoms. The van der Waals surface area contributed by atoms with Gasteiger partial charge >= 0.3 is 0 Å². The van der Waals surface area contributed by atoms with Gasteiger partial charge in [-0.1, -0.05) is 11.6 Å².